The van der Waals surface area contributed by atoms with Crippen molar-refractivity contribution in [1.29, 1.82) is 0 Å². The largest absolute Gasteiger partial charge is 0.494 e. The average Bonchev–Trinajstić information content (AvgIpc) is 3.17. The Labute approximate surface area is 162 Å². The first-order valence-electron chi connectivity index (χ1n) is 8.96. The molecule has 1 aromatic carbocycles. The molecule has 1 spiro atoms. The fourth-order valence-corrected chi connectivity index (χ4v) is 6.27. The van der Waals surface area contributed by atoms with E-state index in [4.69, 9.17) is 9.47 Å². The number of sulfonamides is 1. The Morgan fingerprint density at radius 1 is 1.26 bits per heavy atom. The van der Waals surface area contributed by atoms with E-state index in [9.17, 15) is 13.2 Å². The van der Waals surface area contributed by atoms with Gasteiger partial charge in [-0.2, -0.15) is 4.31 Å². The highest BCUT2D eigenvalue weighted by atomic mass is 32.2. The summed E-state index contributed by atoms with van der Waals surface area (Å²) < 4.78 is 39.0. The maximum absolute atomic E-state index is 12.7. The lowest BCUT2D eigenvalue weighted by Gasteiger charge is -2.43. The van der Waals surface area contributed by atoms with Crippen LogP contribution in [0.1, 0.15) is 36.5 Å². The van der Waals surface area contributed by atoms with Crippen molar-refractivity contribution in [2.24, 2.45) is 0 Å². The number of fused-ring (bicyclic) bond motifs is 1. The lowest BCUT2D eigenvalue weighted by Crippen LogP contribution is -2.52. The van der Waals surface area contributed by atoms with Gasteiger partial charge in [0.1, 0.15) is 21.3 Å². The number of carbonyl (C=O) groups is 1. The quantitative estimate of drug-likeness (QED) is 0.777. The van der Waals surface area contributed by atoms with Crippen LogP contribution in [0.4, 0.5) is 0 Å². The second-order valence-corrected chi connectivity index (χ2v) is 9.92. The summed E-state index contributed by atoms with van der Waals surface area (Å²) >= 11 is 1.22. The summed E-state index contributed by atoms with van der Waals surface area (Å²) in [4.78, 5) is 12.6. The van der Waals surface area contributed by atoms with Crippen molar-refractivity contribution in [2.75, 3.05) is 19.7 Å². The summed E-state index contributed by atoms with van der Waals surface area (Å²) in [5, 5.41) is 1.76. The summed E-state index contributed by atoms with van der Waals surface area (Å²) in [7, 11) is -3.47. The van der Waals surface area contributed by atoms with E-state index in [0.29, 0.717) is 53.8 Å². The molecule has 2 aromatic rings. The van der Waals surface area contributed by atoms with Crippen molar-refractivity contribution in [3.63, 3.8) is 0 Å². The van der Waals surface area contributed by atoms with Gasteiger partial charge in [-0.3, -0.25) is 4.79 Å². The number of hydrogen-bond donors (Lipinski definition) is 0. The van der Waals surface area contributed by atoms with E-state index in [1.165, 1.54) is 15.6 Å². The van der Waals surface area contributed by atoms with Gasteiger partial charge in [-0.15, -0.1) is 11.3 Å². The van der Waals surface area contributed by atoms with Crippen molar-refractivity contribution < 1.29 is 22.7 Å². The lowest BCUT2D eigenvalue weighted by molar-refractivity contribution is 0.00578. The monoisotopic (exact) mass is 407 g/mol. The summed E-state index contributed by atoms with van der Waals surface area (Å²) in [5.74, 6) is 1.24. The molecule has 2 aliphatic rings. The molecule has 0 amide bonds. The number of ketones is 1. The van der Waals surface area contributed by atoms with E-state index in [1.54, 1.807) is 35.7 Å². The first-order chi connectivity index (χ1) is 12.9. The van der Waals surface area contributed by atoms with Gasteiger partial charge < -0.3 is 9.47 Å². The number of piperidine rings is 1. The Bertz CT molecular complexity index is 944. The second kappa shape index (κ2) is 6.92. The number of rotatable bonds is 4. The molecule has 0 radical (unpaired) electrons. The Kier molecular flexibility index (Phi) is 4.73. The van der Waals surface area contributed by atoms with Crippen LogP contribution in [0.5, 0.6) is 11.5 Å². The van der Waals surface area contributed by atoms with Crippen LogP contribution in [0, 0.1) is 0 Å². The van der Waals surface area contributed by atoms with E-state index in [1.807, 2.05) is 6.92 Å². The van der Waals surface area contributed by atoms with Gasteiger partial charge in [0, 0.05) is 32.0 Å². The zero-order valence-corrected chi connectivity index (χ0v) is 16.6. The first kappa shape index (κ1) is 18.5. The Hall–Kier alpha value is -1.90. The first-order valence-corrected chi connectivity index (χ1v) is 11.3. The molecule has 0 aliphatic carbocycles. The van der Waals surface area contributed by atoms with Crippen LogP contribution in [0.3, 0.4) is 0 Å². The van der Waals surface area contributed by atoms with E-state index in [2.05, 4.69) is 0 Å². The second-order valence-electron chi connectivity index (χ2n) is 6.81. The number of ether oxygens (including phenoxy) is 2. The third-order valence-electron chi connectivity index (χ3n) is 5.10. The van der Waals surface area contributed by atoms with Gasteiger partial charge in [-0.05, 0) is 30.5 Å². The summed E-state index contributed by atoms with van der Waals surface area (Å²) in [5.41, 5.74) is -0.0751. The van der Waals surface area contributed by atoms with E-state index in [-0.39, 0.29) is 12.2 Å². The molecule has 1 fully saturated rings. The van der Waals surface area contributed by atoms with Crippen LogP contribution in [0.2, 0.25) is 0 Å². The molecule has 0 atom stereocenters. The topological polar surface area (TPSA) is 72.9 Å². The van der Waals surface area contributed by atoms with Gasteiger partial charge in [0.25, 0.3) is 10.0 Å². The third kappa shape index (κ3) is 3.37. The maximum Gasteiger partial charge on any atom is 0.252 e. The number of carbonyl (C=O) groups excluding carboxylic acids is 1. The van der Waals surface area contributed by atoms with Crippen LogP contribution < -0.4 is 9.47 Å². The molecule has 0 N–H and O–H groups in total. The maximum atomic E-state index is 12.7. The Balaban J connectivity index is 1.53. The molecule has 0 bridgehead atoms. The summed E-state index contributed by atoms with van der Waals surface area (Å²) in [6, 6.07) is 8.63. The van der Waals surface area contributed by atoms with E-state index >= 15 is 0 Å². The van der Waals surface area contributed by atoms with E-state index in [0.717, 1.165) is 0 Å². The zero-order valence-electron chi connectivity index (χ0n) is 15.0. The SMILES string of the molecule is CCOc1ccc2c(c1)OC1(CCN(S(=O)(=O)c3cccs3)CC1)CC2=O. The minimum Gasteiger partial charge on any atom is -0.494 e. The molecule has 3 heterocycles. The zero-order chi connectivity index (χ0) is 19.1. The van der Waals surface area contributed by atoms with Gasteiger partial charge in [-0.1, -0.05) is 6.07 Å². The molecule has 0 saturated carbocycles. The third-order valence-corrected chi connectivity index (χ3v) is 8.37. The highest BCUT2D eigenvalue weighted by molar-refractivity contribution is 7.91. The Morgan fingerprint density at radius 3 is 2.70 bits per heavy atom. The van der Waals surface area contributed by atoms with Crippen molar-refractivity contribution in [3.8, 4) is 11.5 Å². The number of hydrogen-bond acceptors (Lipinski definition) is 6. The van der Waals surface area contributed by atoms with Gasteiger partial charge in [-0.25, -0.2) is 8.42 Å². The molecule has 1 aromatic heterocycles. The smallest absolute Gasteiger partial charge is 0.252 e. The molecule has 2 aliphatic heterocycles. The van der Waals surface area contributed by atoms with Gasteiger partial charge in [0.05, 0.1) is 18.6 Å². The van der Waals surface area contributed by atoms with Crippen LogP contribution in [-0.4, -0.2) is 43.8 Å². The number of nitrogens with zero attached hydrogens (tertiary/aromatic N) is 1. The molecular weight excluding hydrogens is 386 g/mol. The van der Waals surface area contributed by atoms with Crippen LogP contribution in [0.15, 0.2) is 39.9 Å². The lowest BCUT2D eigenvalue weighted by atomic mass is 9.83. The molecule has 1 saturated heterocycles. The summed E-state index contributed by atoms with van der Waals surface area (Å²) in [6.45, 7) is 3.12. The molecule has 144 valence electrons. The summed E-state index contributed by atoms with van der Waals surface area (Å²) in [6.07, 6.45) is 1.25. The van der Waals surface area contributed by atoms with E-state index < -0.39 is 15.6 Å². The molecule has 4 rings (SSSR count). The van der Waals surface area contributed by atoms with Gasteiger partial charge in [0.15, 0.2) is 5.78 Å². The van der Waals surface area contributed by atoms with Gasteiger partial charge >= 0.3 is 0 Å². The average molecular weight is 408 g/mol. The number of thiophene rings is 1. The fourth-order valence-electron chi connectivity index (χ4n) is 3.68. The molecule has 6 nitrogen and oxygen atoms in total. The standard InChI is InChI=1S/C19H21NO5S2/c1-2-24-14-5-6-15-16(21)13-19(25-17(15)12-14)7-9-20(10-8-19)27(22,23)18-4-3-11-26-18/h3-6,11-12H,2,7-10,13H2,1H3. The molecular formula is C19H21NO5S2. The van der Waals surface area contributed by atoms with Crippen molar-refractivity contribution in [1.82, 2.24) is 4.31 Å². The van der Waals surface area contributed by atoms with Crippen molar-refractivity contribution >= 4 is 27.1 Å². The predicted molar refractivity (Wildman–Crippen MR) is 102 cm³/mol. The number of benzene rings is 1. The minimum atomic E-state index is -3.47. The molecule has 8 heteroatoms. The minimum absolute atomic E-state index is 0.0360. The number of Topliss-reactive ketones (excluding diaryl/α,β-unsaturated/α-hetero) is 1. The predicted octanol–water partition coefficient (Wildman–Crippen LogP) is 3.34. The van der Waals surface area contributed by atoms with Gasteiger partial charge in [0.2, 0.25) is 0 Å². The Morgan fingerprint density at radius 2 is 2.04 bits per heavy atom. The van der Waals surface area contributed by atoms with Crippen molar-refractivity contribution in [2.45, 2.75) is 36.0 Å². The molecule has 0 unspecified atom stereocenters. The highest BCUT2D eigenvalue weighted by Crippen LogP contribution is 2.41. The van der Waals surface area contributed by atoms with Crippen LogP contribution in [-0.2, 0) is 10.0 Å². The van der Waals surface area contributed by atoms with Crippen LogP contribution in [0.25, 0.3) is 0 Å². The van der Waals surface area contributed by atoms with Crippen LogP contribution >= 0.6 is 11.3 Å². The fraction of sp³-hybridized carbons (Fsp3) is 0.421. The normalized spacial score (nSPS) is 19.5. The van der Waals surface area contributed by atoms with Crippen molar-refractivity contribution in [3.05, 3.63) is 41.3 Å². The molecule has 27 heavy (non-hydrogen) atoms. The highest BCUT2D eigenvalue weighted by Gasteiger charge is 2.45.